The molecule has 7 nitrogen and oxygen atoms in total. The van der Waals surface area contributed by atoms with Crippen LogP contribution in [0.3, 0.4) is 0 Å². The Morgan fingerprint density at radius 3 is 2.38 bits per heavy atom. The van der Waals surface area contributed by atoms with Gasteiger partial charge in [-0.2, -0.15) is 5.01 Å². The third-order valence-corrected chi connectivity index (χ3v) is 4.90. The fourth-order valence-electron chi connectivity index (χ4n) is 2.89. The number of amides is 3. The number of imide groups is 1. The molecule has 0 spiro atoms. The Balaban J connectivity index is 1.97. The van der Waals surface area contributed by atoms with Crippen molar-refractivity contribution in [1.29, 1.82) is 0 Å². The van der Waals surface area contributed by atoms with Crippen LogP contribution in [-0.2, 0) is 9.59 Å². The number of carbonyl (C=O) groups excluding carboxylic acids is 4. The van der Waals surface area contributed by atoms with Crippen molar-refractivity contribution >= 4 is 46.7 Å². The summed E-state index contributed by atoms with van der Waals surface area (Å²) in [6, 6.07) is 10.6. The molecule has 150 valence electrons. The molecule has 1 fully saturated rings. The molecule has 0 bridgehead atoms. The van der Waals surface area contributed by atoms with Crippen LogP contribution in [0.1, 0.15) is 33.6 Å². The third-order valence-electron chi connectivity index (χ3n) is 4.35. The van der Waals surface area contributed by atoms with Gasteiger partial charge in [0.05, 0.1) is 17.7 Å². The molecule has 0 aromatic heterocycles. The molecule has 0 unspecified atom stereocenters. The van der Waals surface area contributed by atoms with Gasteiger partial charge in [0.2, 0.25) is 11.8 Å². The number of rotatable bonds is 6. The average Bonchev–Trinajstić information content (AvgIpc) is 3.03. The first-order valence-corrected chi connectivity index (χ1v) is 9.37. The van der Waals surface area contributed by atoms with E-state index >= 15 is 0 Å². The van der Waals surface area contributed by atoms with E-state index in [1.807, 2.05) is 0 Å². The van der Waals surface area contributed by atoms with Crippen LogP contribution in [0.4, 0.5) is 0 Å². The van der Waals surface area contributed by atoms with E-state index in [2.05, 4.69) is 0 Å². The number of carbonyl (C=O) groups is 4. The number of ketones is 1. The second-order valence-corrected chi connectivity index (χ2v) is 7.09. The fourth-order valence-corrected chi connectivity index (χ4v) is 3.38. The molecule has 3 amide bonds. The summed E-state index contributed by atoms with van der Waals surface area (Å²) < 4.78 is 5.11. The Labute approximate surface area is 176 Å². The molecule has 2 aromatic carbocycles. The second kappa shape index (κ2) is 8.63. The molecule has 1 heterocycles. The lowest BCUT2D eigenvalue weighted by atomic mass is 10.1. The van der Waals surface area contributed by atoms with Gasteiger partial charge in [-0.1, -0.05) is 35.3 Å². The van der Waals surface area contributed by atoms with E-state index in [0.717, 1.165) is 5.01 Å². The van der Waals surface area contributed by atoms with E-state index in [4.69, 9.17) is 27.9 Å². The lowest BCUT2D eigenvalue weighted by molar-refractivity contribution is -0.152. The Morgan fingerprint density at radius 2 is 1.76 bits per heavy atom. The summed E-state index contributed by atoms with van der Waals surface area (Å²) in [6.07, 6.45) is -0.0748. The number of hydrogen-bond acceptors (Lipinski definition) is 5. The smallest absolute Gasteiger partial charge is 0.274 e. The van der Waals surface area contributed by atoms with E-state index in [9.17, 15) is 19.2 Å². The Bertz CT molecular complexity index is 992. The van der Waals surface area contributed by atoms with Crippen LogP contribution in [0.15, 0.2) is 42.5 Å². The Hall–Kier alpha value is -2.90. The Morgan fingerprint density at radius 1 is 1.07 bits per heavy atom. The number of methoxy groups -OCH3 is 1. The molecule has 1 aliphatic rings. The lowest BCUT2D eigenvalue weighted by Gasteiger charge is -2.29. The summed E-state index contributed by atoms with van der Waals surface area (Å²) in [7, 11) is 1.46. The number of benzene rings is 2. The van der Waals surface area contributed by atoms with Gasteiger partial charge in [0.1, 0.15) is 12.3 Å². The largest absolute Gasteiger partial charge is 0.497 e. The van der Waals surface area contributed by atoms with Crippen LogP contribution in [0.25, 0.3) is 0 Å². The van der Waals surface area contributed by atoms with E-state index < -0.39 is 30.0 Å². The highest BCUT2D eigenvalue weighted by Crippen LogP contribution is 2.25. The summed E-state index contributed by atoms with van der Waals surface area (Å²) in [5.41, 5.74) is 0.283. The average molecular weight is 435 g/mol. The first-order valence-electron chi connectivity index (χ1n) is 8.61. The molecule has 0 N–H and O–H groups in total. The van der Waals surface area contributed by atoms with Gasteiger partial charge in [-0.05, 0) is 30.3 Å². The van der Waals surface area contributed by atoms with Gasteiger partial charge in [-0.25, -0.2) is 5.01 Å². The lowest BCUT2D eigenvalue weighted by Crippen LogP contribution is -2.51. The fraction of sp³-hybridized carbons (Fsp3) is 0.200. The predicted octanol–water partition coefficient (Wildman–Crippen LogP) is 3.39. The number of Topliss-reactive ketones (excluding diaryl/α,β-unsaturated/α-hetero) is 1. The maximum Gasteiger partial charge on any atom is 0.274 e. The van der Waals surface area contributed by atoms with Gasteiger partial charge >= 0.3 is 0 Å². The molecule has 1 aliphatic heterocycles. The standard InChI is InChI=1S/C20H16Cl2N2O5/c1-29-14-4-2-3-12(9-14)17(25)11-23(24-18(26)7-8-19(24)27)20(28)15-6-5-13(21)10-16(15)22/h2-6,9-10H,7-8,11H2,1H3. The molecule has 2 aromatic rings. The highest BCUT2D eigenvalue weighted by molar-refractivity contribution is 6.36. The van der Waals surface area contributed by atoms with Crippen molar-refractivity contribution < 1.29 is 23.9 Å². The van der Waals surface area contributed by atoms with Gasteiger partial charge in [-0.15, -0.1) is 0 Å². The molecule has 3 rings (SSSR count). The first-order chi connectivity index (χ1) is 13.8. The number of halogens is 2. The number of nitrogens with zero attached hydrogens (tertiary/aromatic N) is 2. The van der Waals surface area contributed by atoms with Gasteiger partial charge in [0.15, 0.2) is 5.78 Å². The maximum atomic E-state index is 13.1. The number of hydrogen-bond donors (Lipinski definition) is 0. The SMILES string of the molecule is COc1cccc(C(=O)CN(C(=O)c2ccc(Cl)cc2Cl)N2C(=O)CCC2=O)c1. The van der Waals surface area contributed by atoms with Crippen LogP contribution >= 0.6 is 23.2 Å². The Kier molecular flexibility index (Phi) is 6.20. The van der Waals surface area contributed by atoms with Gasteiger partial charge in [0.25, 0.3) is 5.91 Å². The van der Waals surface area contributed by atoms with Gasteiger partial charge in [-0.3, -0.25) is 19.2 Å². The molecule has 29 heavy (non-hydrogen) atoms. The van der Waals surface area contributed by atoms with Crippen molar-refractivity contribution in [3.8, 4) is 5.75 Å². The maximum absolute atomic E-state index is 13.1. The molecular formula is C20H16Cl2N2O5. The highest BCUT2D eigenvalue weighted by atomic mass is 35.5. The van der Waals surface area contributed by atoms with Gasteiger partial charge < -0.3 is 4.74 Å². The van der Waals surface area contributed by atoms with E-state index in [0.29, 0.717) is 15.8 Å². The zero-order chi connectivity index (χ0) is 21.1. The minimum absolute atomic E-state index is 0.0157. The van der Waals surface area contributed by atoms with E-state index in [1.165, 1.54) is 31.4 Å². The quantitative estimate of drug-likeness (QED) is 0.513. The highest BCUT2D eigenvalue weighted by Gasteiger charge is 2.38. The van der Waals surface area contributed by atoms with E-state index in [-0.39, 0.29) is 29.0 Å². The van der Waals surface area contributed by atoms with Crippen molar-refractivity contribution in [3.05, 3.63) is 63.6 Å². The van der Waals surface area contributed by atoms with Crippen molar-refractivity contribution in [2.45, 2.75) is 12.8 Å². The van der Waals surface area contributed by atoms with Crippen LogP contribution < -0.4 is 4.74 Å². The molecule has 1 saturated heterocycles. The van der Waals surface area contributed by atoms with Crippen molar-refractivity contribution in [2.24, 2.45) is 0 Å². The van der Waals surface area contributed by atoms with Crippen LogP contribution in [0, 0.1) is 0 Å². The third kappa shape index (κ3) is 4.41. The zero-order valence-corrected chi connectivity index (χ0v) is 16.9. The monoisotopic (exact) mass is 434 g/mol. The number of ether oxygens (including phenoxy) is 1. The van der Waals surface area contributed by atoms with Crippen molar-refractivity contribution in [3.63, 3.8) is 0 Å². The summed E-state index contributed by atoms with van der Waals surface area (Å²) in [5, 5.41) is 1.90. The van der Waals surface area contributed by atoms with E-state index in [1.54, 1.807) is 18.2 Å². The summed E-state index contributed by atoms with van der Waals surface area (Å²) in [6.45, 7) is -0.525. The first kappa shape index (κ1) is 20.8. The van der Waals surface area contributed by atoms with Crippen molar-refractivity contribution in [1.82, 2.24) is 10.0 Å². The second-order valence-electron chi connectivity index (χ2n) is 6.24. The summed E-state index contributed by atoms with van der Waals surface area (Å²) in [5.74, 6) is -1.90. The molecule has 0 aliphatic carbocycles. The molecular weight excluding hydrogens is 419 g/mol. The summed E-state index contributed by atoms with van der Waals surface area (Å²) >= 11 is 12.0. The van der Waals surface area contributed by atoms with Crippen LogP contribution in [0.5, 0.6) is 5.75 Å². The van der Waals surface area contributed by atoms with Gasteiger partial charge in [0, 0.05) is 23.4 Å². The topological polar surface area (TPSA) is 84.0 Å². The summed E-state index contributed by atoms with van der Waals surface area (Å²) in [4.78, 5) is 50.4. The molecule has 0 radical (unpaired) electrons. The zero-order valence-electron chi connectivity index (χ0n) is 15.4. The molecule has 9 heteroatoms. The molecule has 0 atom stereocenters. The predicted molar refractivity (Wildman–Crippen MR) is 106 cm³/mol. The molecule has 0 saturated carbocycles. The van der Waals surface area contributed by atoms with Crippen molar-refractivity contribution in [2.75, 3.05) is 13.7 Å². The van der Waals surface area contributed by atoms with Crippen LogP contribution in [-0.4, -0.2) is 47.2 Å². The normalized spacial score (nSPS) is 13.6. The number of hydrazine groups is 1. The minimum Gasteiger partial charge on any atom is -0.497 e. The minimum atomic E-state index is -0.758. The van der Waals surface area contributed by atoms with Crippen LogP contribution in [0.2, 0.25) is 10.0 Å².